The Morgan fingerprint density at radius 2 is 2.06 bits per heavy atom. The van der Waals surface area contributed by atoms with Crippen LogP contribution in [0, 0.1) is 0 Å². The number of para-hydroxylation sites is 1. The fraction of sp³-hybridized carbons (Fsp3) is 0.227. The third-order valence-electron chi connectivity index (χ3n) is 5.08. The Hall–Kier alpha value is -2.87. The van der Waals surface area contributed by atoms with Gasteiger partial charge in [-0.3, -0.25) is 4.79 Å². The maximum atomic E-state index is 11.3. The number of aliphatic hydroxyl groups excluding tert-OH is 1. The van der Waals surface area contributed by atoms with Crippen LogP contribution < -0.4 is 5.73 Å². The number of amides is 1. The minimum Gasteiger partial charge on any atom is -0.436 e. The second-order valence-electron chi connectivity index (χ2n) is 7.21. The number of nitrogens with zero attached hydrogens (tertiary/aromatic N) is 3. The van der Waals surface area contributed by atoms with E-state index in [0.29, 0.717) is 29.3 Å². The van der Waals surface area contributed by atoms with Gasteiger partial charge in [0.15, 0.2) is 5.58 Å². The molecule has 0 aliphatic rings. The van der Waals surface area contributed by atoms with Crippen molar-refractivity contribution >= 4 is 41.0 Å². The van der Waals surface area contributed by atoms with Crippen molar-refractivity contribution in [1.29, 1.82) is 0 Å². The summed E-state index contributed by atoms with van der Waals surface area (Å²) in [4.78, 5) is 20.0. The summed E-state index contributed by atoms with van der Waals surface area (Å²) in [5, 5.41) is 10.9. The van der Waals surface area contributed by atoms with Crippen LogP contribution in [-0.4, -0.2) is 31.7 Å². The van der Waals surface area contributed by atoms with Crippen LogP contribution >= 0.6 is 24.0 Å². The zero-order chi connectivity index (χ0) is 21.3. The average molecular weight is 461 g/mol. The van der Waals surface area contributed by atoms with Crippen molar-refractivity contribution < 1.29 is 14.3 Å². The molecule has 0 aliphatic carbocycles. The number of imidazole rings is 1. The molecule has 0 bridgehead atoms. The molecule has 0 unspecified atom stereocenters. The van der Waals surface area contributed by atoms with E-state index in [1.165, 1.54) is 6.33 Å². The summed E-state index contributed by atoms with van der Waals surface area (Å²) in [7, 11) is 0. The summed E-state index contributed by atoms with van der Waals surface area (Å²) < 4.78 is 7.66. The molecule has 2 aromatic heterocycles. The highest BCUT2D eigenvalue weighted by molar-refractivity contribution is 6.30. The Balaban J connectivity index is 0.00000272. The monoisotopic (exact) mass is 460 g/mol. The molecular weight excluding hydrogens is 439 g/mol. The Morgan fingerprint density at radius 3 is 2.74 bits per heavy atom. The minimum atomic E-state index is -0.640. The number of fused-ring (bicyclic) bond motifs is 1. The van der Waals surface area contributed by atoms with Crippen LogP contribution in [0.4, 0.5) is 0 Å². The number of hydrogen-bond acceptors (Lipinski definition) is 5. The molecule has 0 spiro atoms. The molecule has 2 atom stereocenters. The summed E-state index contributed by atoms with van der Waals surface area (Å²) >= 11 is 6.09. The van der Waals surface area contributed by atoms with Gasteiger partial charge in [0.2, 0.25) is 5.89 Å². The lowest BCUT2D eigenvalue weighted by Crippen LogP contribution is -2.21. The summed E-state index contributed by atoms with van der Waals surface area (Å²) in [6.45, 7) is 1.71. The molecule has 162 valence electrons. The van der Waals surface area contributed by atoms with Crippen LogP contribution in [0.15, 0.2) is 59.4 Å². The van der Waals surface area contributed by atoms with E-state index in [-0.39, 0.29) is 24.1 Å². The van der Waals surface area contributed by atoms with Gasteiger partial charge in [-0.05, 0) is 49.6 Å². The van der Waals surface area contributed by atoms with Crippen molar-refractivity contribution in [3.63, 3.8) is 0 Å². The Bertz CT molecular complexity index is 1200. The summed E-state index contributed by atoms with van der Waals surface area (Å²) in [6, 6.07) is 12.9. The molecule has 0 saturated carbocycles. The molecule has 4 rings (SSSR count). The predicted molar refractivity (Wildman–Crippen MR) is 121 cm³/mol. The van der Waals surface area contributed by atoms with Gasteiger partial charge in [-0.2, -0.15) is 0 Å². The van der Waals surface area contributed by atoms with Crippen molar-refractivity contribution in [2.75, 3.05) is 0 Å². The minimum absolute atomic E-state index is 0. The molecule has 9 heteroatoms. The smallest absolute Gasteiger partial charge is 0.268 e. The van der Waals surface area contributed by atoms with Gasteiger partial charge in [0.1, 0.15) is 11.2 Å². The maximum Gasteiger partial charge on any atom is 0.268 e. The molecular formula is C22H22Cl2N4O3. The van der Waals surface area contributed by atoms with Gasteiger partial charge < -0.3 is 19.8 Å². The SMILES string of the molecule is C[C@H](O)[C@@H](CCc1cccc2oc(-c3cccc(Cl)c3)nc12)n1cnc(C(N)=O)c1.Cl. The van der Waals surface area contributed by atoms with E-state index in [0.717, 1.165) is 16.6 Å². The number of rotatable bonds is 7. The van der Waals surface area contributed by atoms with E-state index in [2.05, 4.69) is 9.97 Å². The largest absolute Gasteiger partial charge is 0.436 e. The number of benzene rings is 2. The first-order chi connectivity index (χ1) is 14.4. The van der Waals surface area contributed by atoms with Crippen LogP contribution in [0.25, 0.3) is 22.6 Å². The number of carbonyl (C=O) groups is 1. The molecule has 4 aromatic rings. The van der Waals surface area contributed by atoms with E-state index in [1.807, 2.05) is 36.4 Å². The number of carbonyl (C=O) groups excluding carboxylic acids is 1. The van der Waals surface area contributed by atoms with Crippen molar-refractivity contribution in [2.45, 2.75) is 31.9 Å². The van der Waals surface area contributed by atoms with E-state index >= 15 is 0 Å². The highest BCUT2D eigenvalue weighted by Gasteiger charge is 2.20. The van der Waals surface area contributed by atoms with E-state index in [1.54, 1.807) is 23.8 Å². The predicted octanol–water partition coefficient (Wildman–Crippen LogP) is 4.42. The van der Waals surface area contributed by atoms with Crippen LogP contribution in [-0.2, 0) is 6.42 Å². The summed E-state index contributed by atoms with van der Waals surface area (Å²) in [5.74, 6) is -0.0910. The fourth-order valence-corrected chi connectivity index (χ4v) is 3.73. The van der Waals surface area contributed by atoms with Gasteiger partial charge in [-0.25, -0.2) is 9.97 Å². The van der Waals surface area contributed by atoms with Crippen LogP contribution in [0.5, 0.6) is 0 Å². The van der Waals surface area contributed by atoms with Crippen LogP contribution in [0.1, 0.15) is 35.4 Å². The zero-order valence-corrected chi connectivity index (χ0v) is 18.3. The van der Waals surface area contributed by atoms with Gasteiger partial charge >= 0.3 is 0 Å². The van der Waals surface area contributed by atoms with Crippen molar-refractivity contribution in [3.8, 4) is 11.5 Å². The fourth-order valence-electron chi connectivity index (χ4n) is 3.54. The molecule has 2 heterocycles. The first kappa shape index (κ1) is 22.8. The number of hydrogen-bond donors (Lipinski definition) is 2. The standard InChI is InChI=1S/C22H21ClN4O3.ClH/c1-13(28)18(27-11-17(21(24)29)25-12-27)9-8-14-4-3-7-19-20(14)26-22(30-19)15-5-2-6-16(23)10-15;/h2-7,10-13,18,28H,8-9H2,1H3,(H2,24,29);1H/t13-,18+;/m0./s1. The van der Waals surface area contributed by atoms with Crippen molar-refractivity contribution in [1.82, 2.24) is 14.5 Å². The number of halogens is 2. The zero-order valence-electron chi connectivity index (χ0n) is 16.7. The van der Waals surface area contributed by atoms with E-state index in [9.17, 15) is 9.90 Å². The normalized spacial score (nSPS) is 13.0. The molecule has 7 nitrogen and oxygen atoms in total. The Labute approximate surface area is 190 Å². The number of aromatic nitrogens is 3. The maximum absolute atomic E-state index is 11.3. The number of oxazole rings is 1. The average Bonchev–Trinajstić information content (AvgIpc) is 3.36. The molecule has 0 aliphatic heterocycles. The quantitative estimate of drug-likeness (QED) is 0.424. The van der Waals surface area contributed by atoms with Gasteiger partial charge in [0.05, 0.1) is 18.5 Å². The van der Waals surface area contributed by atoms with Gasteiger partial charge in [0.25, 0.3) is 5.91 Å². The van der Waals surface area contributed by atoms with Crippen molar-refractivity contribution in [2.24, 2.45) is 5.73 Å². The number of nitrogens with two attached hydrogens (primary N) is 1. The Morgan fingerprint density at radius 1 is 1.29 bits per heavy atom. The van der Waals surface area contributed by atoms with E-state index in [4.69, 9.17) is 21.8 Å². The first-order valence-electron chi connectivity index (χ1n) is 9.58. The lowest BCUT2D eigenvalue weighted by Gasteiger charge is -2.21. The van der Waals surface area contributed by atoms with Gasteiger partial charge in [-0.1, -0.05) is 29.8 Å². The molecule has 0 saturated heterocycles. The molecule has 1 amide bonds. The topological polar surface area (TPSA) is 107 Å². The third-order valence-corrected chi connectivity index (χ3v) is 5.31. The van der Waals surface area contributed by atoms with E-state index < -0.39 is 12.0 Å². The van der Waals surface area contributed by atoms with Gasteiger partial charge in [0, 0.05) is 16.8 Å². The lowest BCUT2D eigenvalue weighted by molar-refractivity contribution is 0.0994. The summed E-state index contributed by atoms with van der Waals surface area (Å²) in [6.07, 6.45) is 3.71. The number of primary amides is 1. The Kier molecular flexibility index (Phi) is 7.00. The molecule has 2 aromatic carbocycles. The molecule has 31 heavy (non-hydrogen) atoms. The highest BCUT2D eigenvalue weighted by Crippen LogP contribution is 2.29. The second kappa shape index (κ2) is 9.51. The number of aryl methyl sites for hydroxylation is 1. The highest BCUT2D eigenvalue weighted by atomic mass is 35.5. The number of aliphatic hydroxyl groups is 1. The van der Waals surface area contributed by atoms with Crippen LogP contribution in [0.2, 0.25) is 5.02 Å². The lowest BCUT2D eigenvalue weighted by atomic mass is 10.0. The molecule has 0 fully saturated rings. The summed E-state index contributed by atoms with van der Waals surface area (Å²) in [5.41, 5.74) is 8.74. The van der Waals surface area contributed by atoms with Crippen LogP contribution in [0.3, 0.4) is 0 Å². The second-order valence-corrected chi connectivity index (χ2v) is 7.65. The van der Waals surface area contributed by atoms with Gasteiger partial charge in [-0.15, -0.1) is 12.4 Å². The van der Waals surface area contributed by atoms with Crippen molar-refractivity contribution in [3.05, 3.63) is 71.3 Å². The molecule has 3 N–H and O–H groups in total. The molecule has 0 radical (unpaired) electrons. The third kappa shape index (κ3) is 4.90. The first-order valence-corrected chi connectivity index (χ1v) is 9.96.